The van der Waals surface area contributed by atoms with E-state index in [1.165, 1.54) is 18.9 Å². The van der Waals surface area contributed by atoms with Crippen LogP contribution in [0.3, 0.4) is 0 Å². The molecule has 0 aromatic rings. The molecular formula is C46H83N7O17. The lowest BCUT2D eigenvalue weighted by molar-refractivity contribution is -0.276. The molecule has 70 heavy (non-hydrogen) atoms. The molecule has 3 rings (SSSR count). The maximum atomic E-state index is 13.8. The van der Waals surface area contributed by atoms with Gasteiger partial charge in [-0.15, -0.1) is 0 Å². The summed E-state index contributed by atoms with van der Waals surface area (Å²) in [5.41, 5.74) is 2.66. The van der Waals surface area contributed by atoms with Gasteiger partial charge in [-0.05, 0) is 115 Å². The van der Waals surface area contributed by atoms with Crippen molar-refractivity contribution in [2.75, 3.05) is 46.4 Å². The number of nitrogens with one attached hydrogen (secondary N) is 4. The topological polar surface area (TPSA) is 321 Å². The highest BCUT2D eigenvalue weighted by atomic mass is 16.7. The van der Waals surface area contributed by atoms with Crippen LogP contribution in [0.2, 0.25) is 0 Å². The third kappa shape index (κ3) is 19.7. The predicted octanol–water partition coefficient (Wildman–Crippen LogP) is 1.29. The Kier molecular flexibility index (Phi) is 21.8. The Hall–Kier alpha value is -4.27. The van der Waals surface area contributed by atoms with Crippen LogP contribution >= 0.6 is 0 Å². The van der Waals surface area contributed by atoms with Gasteiger partial charge < -0.3 is 95.1 Å². The van der Waals surface area contributed by atoms with Crippen molar-refractivity contribution in [1.29, 1.82) is 0 Å². The molecular weight excluding hydrogens is 923 g/mol. The van der Waals surface area contributed by atoms with Crippen molar-refractivity contribution in [3.63, 3.8) is 0 Å². The van der Waals surface area contributed by atoms with Crippen LogP contribution in [0.4, 0.5) is 19.2 Å². The molecule has 11 atom stereocenters. The van der Waals surface area contributed by atoms with Crippen LogP contribution in [0.5, 0.6) is 0 Å². The molecule has 0 aromatic carbocycles. The molecule has 404 valence electrons. The van der Waals surface area contributed by atoms with E-state index in [0.29, 0.717) is 25.3 Å². The van der Waals surface area contributed by atoms with Gasteiger partial charge in [0.05, 0.1) is 43.9 Å². The number of hydrogen-bond acceptors (Lipinski definition) is 19. The summed E-state index contributed by atoms with van der Waals surface area (Å²) < 4.78 is 47.0. The van der Waals surface area contributed by atoms with E-state index in [9.17, 15) is 44.4 Å². The van der Waals surface area contributed by atoms with Gasteiger partial charge in [-0.25, -0.2) is 19.2 Å². The van der Waals surface area contributed by atoms with Gasteiger partial charge in [-0.3, -0.25) is 4.79 Å². The van der Waals surface area contributed by atoms with Gasteiger partial charge in [0.2, 0.25) is 12.2 Å². The van der Waals surface area contributed by atoms with Gasteiger partial charge in [0.25, 0.3) is 0 Å². The summed E-state index contributed by atoms with van der Waals surface area (Å²) in [7, 11) is 1.39. The number of likely N-dealkylation sites (N-methyl/N-ethyl adjacent to an activating group) is 1. The average molecular weight is 1010 g/mol. The summed E-state index contributed by atoms with van der Waals surface area (Å²) in [6.07, 6.45) is -12.6. The van der Waals surface area contributed by atoms with E-state index < -0.39 is 127 Å². The Labute approximate surface area is 411 Å². The number of carbonyl (C=O) groups is 5. The third-order valence-corrected chi connectivity index (χ3v) is 10.8. The molecule has 0 radical (unpaired) electrons. The summed E-state index contributed by atoms with van der Waals surface area (Å²) in [5.74, 6) is -0.595. The van der Waals surface area contributed by atoms with Crippen LogP contribution < -0.4 is 27.0 Å². The van der Waals surface area contributed by atoms with Crippen LogP contribution in [-0.2, 0) is 42.7 Å². The summed E-state index contributed by atoms with van der Waals surface area (Å²) >= 11 is 0. The Balaban J connectivity index is 2.05. The van der Waals surface area contributed by atoms with Crippen LogP contribution in [-0.4, -0.2) is 203 Å². The second-order valence-electron chi connectivity index (χ2n) is 21.8. The monoisotopic (exact) mass is 1010 g/mol. The van der Waals surface area contributed by atoms with Crippen molar-refractivity contribution in [2.24, 2.45) is 5.73 Å². The Morgan fingerprint density at radius 1 is 0.843 bits per heavy atom. The normalized spacial score (nSPS) is 25.1. The molecule has 5 amide bonds. The van der Waals surface area contributed by atoms with Crippen molar-refractivity contribution in [2.45, 2.75) is 205 Å². The highest BCUT2D eigenvalue weighted by Gasteiger charge is 2.51. The molecule has 24 heteroatoms. The molecule has 3 aliphatic rings. The second-order valence-corrected chi connectivity index (χ2v) is 21.8. The van der Waals surface area contributed by atoms with Crippen molar-refractivity contribution < 1.29 is 82.3 Å². The molecule has 0 spiro atoms. The first-order chi connectivity index (χ1) is 32.2. The molecule has 2 heterocycles. The largest absolute Gasteiger partial charge is 0.467 e. The van der Waals surface area contributed by atoms with Crippen molar-refractivity contribution >= 4 is 30.3 Å². The highest BCUT2D eigenvalue weighted by molar-refractivity contribution is 5.81. The van der Waals surface area contributed by atoms with Gasteiger partial charge >= 0.3 is 24.4 Å². The molecule has 2 aliphatic heterocycles. The zero-order valence-corrected chi connectivity index (χ0v) is 43.4. The van der Waals surface area contributed by atoms with Crippen molar-refractivity contribution in [1.82, 2.24) is 31.1 Å². The molecule has 0 bridgehead atoms. The van der Waals surface area contributed by atoms with Gasteiger partial charge in [0.15, 0.2) is 6.29 Å². The fourth-order valence-electron chi connectivity index (χ4n) is 7.40. The molecule has 1 saturated heterocycles. The number of aliphatic hydroxyl groups excluding tert-OH is 4. The fourth-order valence-corrected chi connectivity index (χ4v) is 7.40. The summed E-state index contributed by atoms with van der Waals surface area (Å²) in [6.45, 7) is 21.3. The fraction of sp³-hybridized carbons (Fsp3) is 0.848. The van der Waals surface area contributed by atoms with Crippen LogP contribution in [0, 0.1) is 0 Å². The molecule has 1 saturated carbocycles. The van der Waals surface area contributed by atoms with E-state index in [0.717, 1.165) is 4.90 Å². The minimum atomic E-state index is -1.83. The van der Waals surface area contributed by atoms with E-state index in [1.54, 1.807) is 89.2 Å². The van der Waals surface area contributed by atoms with Crippen LogP contribution in [0.1, 0.15) is 109 Å². The maximum absolute atomic E-state index is 13.8. The van der Waals surface area contributed by atoms with Crippen molar-refractivity contribution in [3.8, 4) is 0 Å². The van der Waals surface area contributed by atoms with Gasteiger partial charge in [-0.2, -0.15) is 0 Å². The van der Waals surface area contributed by atoms with Gasteiger partial charge in [0, 0.05) is 32.7 Å². The Morgan fingerprint density at radius 2 is 1.41 bits per heavy atom. The zero-order valence-electron chi connectivity index (χ0n) is 43.4. The quantitative estimate of drug-likeness (QED) is 0.0650. The number of carbonyl (C=O) groups excluding carboxylic acids is 5. The smallest absolute Gasteiger partial charge is 0.410 e. The lowest BCUT2D eigenvalue weighted by Gasteiger charge is -2.48. The lowest BCUT2D eigenvalue weighted by Crippen LogP contribution is -2.69. The van der Waals surface area contributed by atoms with E-state index in [1.807, 2.05) is 0 Å². The minimum absolute atomic E-state index is 0.0115. The number of nitrogens with two attached hydrogens (primary N) is 1. The lowest BCUT2D eigenvalue weighted by atomic mass is 9.83. The number of amides is 5. The molecule has 1 aliphatic carbocycles. The molecule has 2 fully saturated rings. The number of likely N-dealkylation sites (tertiary alicyclic amines) is 1. The third-order valence-electron chi connectivity index (χ3n) is 10.8. The highest BCUT2D eigenvalue weighted by Crippen LogP contribution is 2.32. The molecule has 0 aromatic heterocycles. The van der Waals surface area contributed by atoms with E-state index in [-0.39, 0.29) is 38.6 Å². The molecule has 0 unspecified atom stereocenters. The first kappa shape index (κ1) is 60.0. The number of nitrogens with zero attached hydrogens (tertiary/aromatic N) is 2. The van der Waals surface area contributed by atoms with E-state index in [4.69, 9.17) is 43.6 Å². The van der Waals surface area contributed by atoms with Crippen LogP contribution in [0.15, 0.2) is 11.8 Å². The SMILES string of the molecule is C[C@@H]([C@@H](O)[C@H](OCCO)O[C@@H]1[C@@H](O)[C@H](O[C@H]2OC(CN)=CC[C@H]2NC2CN(C(=O)OC(C)(C)C)C2)[C@@H](NC(=O)OC(C)(C)C)C[C@H]1NC(=O)[C@@H](O)CCNC(=O)OC(C)(C)C)N(C)C(=O)OC(C)(C)C. The van der Waals surface area contributed by atoms with Crippen LogP contribution in [0.25, 0.3) is 0 Å². The zero-order chi connectivity index (χ0) is 53.1. The van der Waals surface area contributed by atoms with Gasteiger partial charge in [0.1, 0.15) is 58.7 Å². The summed E-state index contributed by atoms with van der Waals surface area (Å²) in [5, 5.41) is 56.6. The number of hydrogen-bond donors (Lipinski definition) is 9. The predicted molar refractivity (Wildman–Crippen MR) is 252 cm³/mol. The van der Waals surface area contributed by atoms with Crippen molar-refractivity contribution in [3.05, 3.63) is 11.8 Å². The van der Waals surface area contributed by atoms with E-state index in [2.05, 4.69) is 21.3 Å². The number of alkyl carbamates (subject to hydrolysis) is 2. The molecule has 24 nitrogen and oxygen atoms in total. The standard InChI is InChI=1S/C46H83N7O17/c1-25(52(14)41(61)69-45(8,9)10)32(56)38(63-20-19-54)66-34-29(50-36(58)31(55)17-18-48-39(59)67-43(2,3)4)21-30(51-40(60)68-44(5,6)7)35(33(34)57)65-37-28(16-15-27(22-47)64-37)49-26-23-53(24-26)42(62)70-46(11,12)13/h15,25-26,28-35,37-38,49,54-57H,16-24,47H2,1-14H3,(H,48,59)(H,50,58)(H,51,60)/t25-,28+,29+,30-,31-,32+,33+,34-,35+,37+,38+/m0/s1. The first-order valence-corrected chi connectivity index (χ1v) is 23.8. The first-order valence-electron chi connectivity index (χ1n) is 23.8. The number of rotatable bonds is 19. The van der Waals surface area contributed by atoms with E-state index >= 15 is 0 Å². The van der Waals surface area contributed by atoms with Gasteiger partial charge in [-0.1, -0.05) is 0 Å². The Bertz CT molecular complexity index is 1760. The summed E-state index contributed by atoms with van der Waals surface area (Å²) in [4.78, 5) is 68.1. The minimum Gasteiger partial charge on any atom is -0.467 e. The number of aliphatic hydroxyl groups is 4. The maximum Gasteiger partial charge on any atom is 0.410 e. The summed E-state index contributed by atoms with van der Waals surface area (Å²) in [6, 6.07) is -4.41. The average Bonchev–Trinajstić information content (AvgIpc) is 3.19. The number of ether oxygens (including phenoxy) is 8. The molecule has 10 N–H and O–H groups in total. The second kappa shape index (κ2) is 25.4. The Morgan fingerprint density at radius 3 is 1.97 bits per heavy atom.